The van der Waals surface area contributed by atoms with E-state index in [0.29, 0.717) is 12.5 Å². The van der Waals surface area contributed by atoms with Crippen molar-refractivity contribution in [2.24, 2.45) is 5.92 Å². The summed E-state index contributed by atoms with van der Waals surface area (Å²) in [6, 6.07) is 4.02. The van der Waals surface area contributed by atoms with Crippen molar-refractivity contribution in [2.75, 3.05) is 33.8 Å². The van der Waals surface area contributed by atoms with Crippen molar-refractivity contribution >= 4 is 0 Å². The van der Waals surface area contributed by atoms with Crippen molar-refractivity contribution in [3.63, 3.8) is 0 Å². The lowest BCUT2D eigenvalue weighted by atomic mass is 10.2. The molecule has 110 valence electrons. The molecule has 0 aromatic carbocycles. The minimum atomic E-state index is 0.567. The van der Waals surface area contributed by atoms with Crippen LogP contribution in [-0.4, -0.2) is 38.7 Å². The molecule has 19 heavy (non-hydrogen) atoms. The van der Waals surface area contributed by atoms with Crippen LogP contribution in [0, 0.1) is 5.92 Å². The maximum atomic E-state index is 5.70. The van der Waals surface area contributed by atoms with Gasteiger partial charge in [-0.15, -0.1) is 0 Å². The Labute approximate surface area is 117 Å². The van der Waals surface area contributed by atoms with Gasteiger partial charge in [-0.1, -0.05) is 13.8 Å². The molecule has 0 unspecified atom stereocenters. The zero-order valence-corrected chi connectivity index (χ0v) is 12.7. The fourth-order valence-corrected chi connectivity index (χ4v) is 1.73. The van der Waals surface area contributed by atoms with Crippen LogP contribution in [0.4, 0.5) is 0 Å². The van der Waals surface area contributed by atoms with Gasteiger partial charge in [-0.05, 0) is 51.7 Å². The first-order valence-electron chi connectivity index (χ1n) is 7.08. The fourth-order valence-electron chi connectivity index (χ4n) is 1.73. The molecule has 4 nitrogen and oxygen atoms in total. The molecule has 0 radical (unpaired) electrons. The first-order chi connectivity index (χ1) is 9.08. The Hall–Kier alpha value is -0.840. The number of ether oxygens (including phenoxy) is 1. The van der Waals surface area contributed by atoms with Gasteiger partial charge in [0.1, 0.15) is 18.1 Å². The number of hydrogen-bond donors (Lipinski definition) is 1. The van der Waals surface area contributed by atoms with Crippen LogP contribution >= 0.6 is 0 Å². The molecule has 0 aliphatic heterocycles. The van der Waals surface area contributed by atoms with E-state index >= 15 is 0 Å². The van der Waals surface area contributed by atoms with Gasteiger partial charge in [-0.25, -0.2) is 0 Å². The van der Waals surface area contributed by atoms with Crippen molar-refractivity contribution in [3.05, 3.63) is 23.7 Å². The first kappa shape index (κ1) is 16.2. The molecule has 1 heterocycles. The summed E-state index contributed by atoms with van der Waals surface area (Å²) in [7, 11) is 4.14. The van der Waals surface area contributed by atoms with E-state index in [0.717, 1.165) is 44.2 Å². The highest BCUT2D eigenvalue weighted by Gasteiger charge is 2.02. The van der Waals surface area contributed by atoms with Gasteiger partial charge < -0.3 is 19.4 Å². The predicted molar refractivity (Wildman–Crippen MR) is 78.1 cm³/mol. The molecule has 0 bridgehead atoms. The number of nitrogens with zero attached hydrogens (tertiary/aromatic N) is 1. The van der Waals surface area contributed by atoms with Crippen molar-refractivity contribution in [2.45, 2.75) is 33.4 Å². The molecule has 1 aromatic heterocycles. The second-order valence-electron chi connectivity index (χ2n) is 5.60. The van der Waals surface area contributed by atoms with E-state index in [1.54, 1.807) is 0 Å². The van der Waals surface area contributed by atoms with Crippen molar-refractivity contribution < 1.29 is 9.15 Å². The third-order valence-corrected chi connectivity index (χ3v) is 2.71. The van der Waals surface area contributed by atoms with Crippen LogP contribution in [0.5, 0.6) is 0 Å². The smallest absolute Gasteiger partial charge is 0.129 e. The number of nitrogens with one attached hydrogen (secondary N) is 1. The Kier molecular flexibility index (Phi) is 7.79. The first-order valence-corrected chi connectivity index (χ1v) is 7.08. The zero-order valence-electron chi connectivity index (χ0n) is 12.7. The van der Waals surface area contributed by atoms with Crippen molar-refractivity contribution in [1.29, 1.82) is 0 Å². The molecule has 0 saturated heterocycles. The molecule has 0 amide bonds. The van der Waals surface area contributed by atoms with Gasteiger partial charge in [0, 0.05) is 6.61 Å². The molecular weight excluding hydrogens is 240 g/mol. The summed E-state index contributed by atoms with van der Waals surface area (Å²) in [6.07, 6.45) is 1.05. The molecular formula is C15H28N2O2. The van der Waals surface area contributed by atoms with E-state index in [2.05, 4.69) is 38.2 Å². The molecule has 0 aliphatic carbocycles. The molecule has 0 atom stereocenters. The van der Waals surface area contributed by atoms with E-state index < -0.39 is 0 Å². The van der Waals surface area contributed by atoms with Gasteiger partial charge in [0.2, 0.25) is 0 Å². The summed E-state index contributed by atoms with van der Waals surface area (Å²) in [4.78, 5) is 2.16. The van der Waals surface area contributed by atoms with Gasteiger partial charge in [0.25, 0.3) is 0 Å². The van der Waals surface area contributed by atoms with Crippen molar-refractivity contribution in [1.82, 2.24) is 10.2 Å². The quantitative estimate of drug-likeness (QED) is 0.662. The number of hydrogen-bond acceptors (Lipinski definition) is 4. The fraction of sp³-hybridized carbons (Fsp3) is 0.733. The summed E-state index contributed by atoms with van der Waals surface area (Å²) in [6.45, 7) is 8.60. The predicted octanol–water partition coefficient (Wildman–Crippen LogP) is 2.49. The third kappa shape index (κ3) is 8.03. The summed E-state index contributed by atoms with van der Waals surface area (Å²) in [5.74, 6) is 2.55. The Morgan fingerprint density at radius 2 is 2.00 bits per heavy atom. The Bertz CT molecular complexity index is 335. The maximum absolute atomic E-state index is 5.70. The Morgan fingerprint density at radius 1 is 1.26 bits per heavy atom. The summed E-state index contributed by atoms with van der Waals surface area (Å²) in [5.41, 5.74) is 0. The molecule has 0 spiro atoms. The molecule has 1 rings (SSSR count). The lowest BCUT2D eigenvalue weighted by molar-refractivity contribution is 0.0984. The van der Waals surface area contributed by atoms with Crippen LogP contribution in [0.3, 0.4) is 0 Å². The second kappa shape index (κ2) is 9.13. The third-order valence-electron chi connectivity index (χ3n) is 2.71. The van der Waals surface area contributed by atoms with E-state index in [4.69, 9.17) is 9.15 Å². The number of furan rings is 1. The number of rotatable bonds is 10. The lowest BCUT2D eigenvalue weighted by Gasteiger charge is -2.08. The standard InChI is InChI=1S/C15H28N2O2/c1-13(2)10-16-11-14-6-7-15(19-14)12-18-9-5-8-17(3)4/h6-7,13,16H,5,8-12H2,1-4H3. The highest BCUT2D eigenvalue weighted by molar-refractivity contribution is 5.06. The average molecular weight is 268 g/mol. The summed E-state index contributed by atoms with van der Waals surface area (Å²) in [5, 5.41) is 3.36. The minimum absolute atomic E-state index is 0.567. The van der Waals surface area contributed by atoms with Crippen LogP contribution < -0.4 is 5.32 Å². The summed E-state index contributed by atoms with van der Waals surface area (Å²) >= 11 is 0. The second-order valence-corrected chi connectivity index (χ2v) is 5.60. The minimum Gasteiger partial charge on any atom is -0.462 e. The van der Waals surface area contributed by atoms with Gasteiger partial charge in [-0.2, -0.15) is 0 Å². The van der Waals surface area contributed by atoms with Gasteiger partial charge in [0.05, 0.1) is 6.54 Å². The van der Waals surface area contributed by atoms with E-state index in [9.17, 15) is 0 Å². The van der Waals surface area contributed by atoms with Gasteiger partial charge >= 0.3 is 0 Å². The SMILES string of the molecule is CC(C)CNCc1ccc(COCCCN(C)C)o1. The maximum Gasteiger partial charge on any atom is 0.129 e. The Morgan fingerprint density at radius 3 is 2.68 bits per heavy atom. The topological polar surface area (TPSA) is 37.6 Å². The van der Waals surface area contributed by atoms with E-state index in [-0.39, 0.29) is 0 Å². The molecule has 4 heteroatoms. The average Bonchev–Trinajstić information content (AvgIpc) is 2.76. The van der Waals surface area contributed by atoms with Gasteiger partial charge in [-0.3, -0.25) is 0 Å². The van der Waals surface area contributed by atoms with Crippen LogP contribution in [0.25, 0.3) is 0 Å². The molecule has 0 aliphatic rings. The van der Waals surface area contributed by atoms with E-state index in [1.807, 2.05) is 12.1 Å². The van der Waals surface area contributed by atoms with Crippen LogP contribution in [0.1, 0.15) is 31.8 Å². The molecule has 0 saturated carbocycles. The lowest BCUT2D eigenvalue weighted by Crippen LogP contribution is -2.18. The normalized spacial score (nSPS) is 11.7. The van der Waals surface area contributed by atoms with Crippen LogP contribution in [-0.2, 0) is 17.9 Å². The van der Waals surface area contributed by atoms with Crippen LogP contribution in [0.15, 0.2) is 16.5 Å². The Balaban J connectivity index is 2.12. The largest absolute Gasteiger partial charge is 0.462 e. The summed E-state index contributed by atoms with van der Waals surface area (Å²) < 4.78 is 11.3. The highest BCUT2D eigenvalue weighted by atomic mass is 16.5. The van der Waals surface area contributed by atoms with Crippen molar-refractivity contribution in [3.8, 4) is 0 Å². The monoisotopic (exact) mass is 268 g/mol. The molecule has 1 aromatic rings. The zero-order chi connectivity index (χ0) is 14.1. The molecule has 0 fully saturated rings. The molecule has 1 N–H and O–H groups in total. The van der Waals surface area contributed by atoms with Gasteiger partial charge in [0.15, 0.2) is 0 Å². The highest BCUT2D eigenvalue weighted by Crippen LogP contribution is 2.09. The van der Waals surface area contributed by atoms with Crippen LogP contribution in [0.2, 0.25) is 0 Å². The van der Waals surface area contributed by atoms with E-state index in [1.165, 1.54) is 0 Å².